The number of benzene rings is 3. The van der Waals surface area contributed by atoms with Crippen molar-refractivity contribution in [3.05, 3.63) is 83.9 Å². The first-order chi connectivity index (χ1) is 15.0. The second kappa shape index (κ2) is 9.54. The van der Waals surface area contributed by atoms with Gasteiger partial charge in [-0.05, 0) is 48.0 Å². The maximum Gasteiger partial charge on any atom is 0.260 e. The summed E-state index contributed by atoms with van der Waals surface area (Å²) in [5, 5.41) is 1.17. The van der Waals surface area contributed by atoms with Gasteiger partial charge in [0.15, 0.2) is 5.13 Å². The van der Waals surface area contributed by atoms with Crippen LogP contribution in [0.3, 0.4) is 0 Å². The SMILES string of the molecule is COc1ccc2nc(N(Cc3ccccc3)C(=O)c3ccc(SC(C)C)cc3)sc2c1. The van der Waals surface area contributed by atoms with Gasteiger partial charge in [0, 0.05) is 15.7 Å². The fourth-order valence-electron chi connectivity index (χ4n) is 3.23. The molecule has 0 radical (unpaired) electrons. The summed E-state index contributed by atoms with van der Waals surface area (Å²) < 4.78 is 6.33. The van der Waals surface area contributed by atoms with Crippen LogP contribution in [-0.4, -0.2) is 23.3 Å². The number of aromatic nitrogens is 1. The molecule has 0 atom stereocenters. The van der Waals surface area contributed by atoms with Crippen LogP contribution in [0.4, 0.5) is 5.13 Å². The first kappa shape index (κ1) is 21.4. The molecule has 6 heteroatoms. The maximum absolute atomic E-state index is 13.5. The Morgan fingerprint density at radius 2 is 1.81 bits per heavy atom. The monoisotopic (exact) mass is 448 g/mol. The predicted octanol–water partition coefficient (Wildman–Crippen LogP) is 6.65. The molecule has 0 aliphatic carbocycles. The van der Waals surface area contributed by atoms with E-state index in [-0.39, 0.29) is 5.91 Å². The second-order valence-electron chi connectivity index (χ2n) is 7.40. The van der Waals surface area contributed by atoms with Gasteiger partial charge in [-0.3, -0.25) is 9.69 Å². The first-order valence-corrected chi connectivity index (χ1v) is 11.8. The molecule has 0 fully saturated rings. The number of hydrogen-bond acceptors (Lipinski definition) is 5. The number of methoxy groups -OCH3 is 1. The molecule has 0 saturated heterocycles. The lowest BCUT2D eigenvalue weighted by atomic mass is 10.1. The van der Waals surface area contributed by atoms with Crippen molar-refractivity contribution in [3.63, 3.8) is 0 Å². The van der Waals surface area contributed by atoms with Gasteiger partial charge in [-0.2, -0.15) is 0 Å². The van der Waals surface area contributed by atoms with Crippen molar-refractivity contribution in [2.45, 2.75) is 30.5 Å². The Morgan fingerprint density at radius 1 is 1.06 bits per heavy atom. The number of carbonyl (C=O) groups excluding carboxylic acids is 1. The molecule has 4 nitrogen and oxygen atoms in total. The Bertz CT molecular complexity index is 1170. The molecule has 0 N–H and O–H groups in total. The minimum Gasteiger partial charge on any atom is -0.497 e. The smallest absolute Gasteiger partial charge is 0.260 e. The highest BCUT2D eigenvalue weighted by Crippen LogP contribution is 2.33. The number of nitrogens with zero attached hydrogens (tertiary/aromatic N) is 2. The highest BCUT2D eigenvalue weighted by Gasteiger charge is 2.22. The van der Waals surface area contributed by atoms with Crippen molar-refractivity contribution in [1.82, 2.24) is 4.98 Å². The van der Waals surface area contributed by atoms with Crippen LogP contribution in [-0.2, 0) is 6.54 Å². The zero-order valence-electron chi connectivity index (χ0n) is 17.7. The Kier molecular flexibility index (Phi) is 6.59. The lowest BCUT2D eigenvalue weighted by Crippen LogP contribution is -2.30. The molecule has 1 aromatic heterocycles. The molecule has 4 rings (SSSR count). The zero-order chi connectivity index (χ0) is 21.8. The number of fused-ring (bicyclic) bond motifs is 1. The molecular weight excluding hydrogens is 424 g/mol. The molecule has 0 aliphatic heterocycles. The number of amides is 1. The van der Waals surface area contributed by atoms with Gasteiger partial charge in [0.25, 0.3) is 5.91 Å². The largest absolute Gasteiger partial charge is 0.497 e. The average Bonchev–Trinajstić information content (AvgIpc) is 3.20. The number of rotatable bonds is 7. The Hall–Kier alpha value is -2.83. The van der Waals surface area contributed by atoms with Gasteiger partial charge in [0.05, 0.1) is 23.9 Å². The van der Waals surface area contributed by atoms with Gasteiger partial charge in [-0.25, -0.2) is 4.98 Å². The number of thiazole rings is 1. The lowest BCUT2D eigenvalue weighted by Gasteiger charge is -2.20. The molecule has 0 saturated carbocycles. The zero-order valence-corrected chi connectivity index (χ0v) is 19.4. The van der Waals surface area contributed by atoms with Crippen LogP contribution in [0.5, 0.6) is 5.75 Å². The van der Waals surface area contributed by atoms with Gasteiger partial charge in [-0.15, -0.1) is 11.8 Å². The number of thioether (sulfide) groups is 1. The van der Waals surface area contributed by atoms with E-state index in [1.807, 2.05) is 72.8 Å². The summed E-state index contributed by atoms with van der Waals surface area (Å²) in [7, 11) is 1.65. The molecule has 158 valence electrons. The van der Waals surface area contributed by atoms with Crippen molar-refractivity contribution in [1.29, 1.82) is 0 Å². The molecular formula is C25H24N2O2S2. The summed E-state index contributed by atoms with van der Waals surface area (Å²) in [6, 6.07) is 23.6. The van der Waals surface area contributed by atoms with Crippen molar-refractivity contribution < 1.29 is 9.53 Å². The first-order valence-electron chi connectivity index (χ1n) is 10.1. The maximum atomic E-state index is 13.5. The third-order valence-corrected chi connectivity index (χ3v) is 6.77. The van der Waals surface area contributed by atoms with E-state index < -0.39 is 0 Å². The summed E-state index contributed by atoms with van der Waals surface area (Å²) in [6.07, 6.45) is 0. The summed E-state index contributed by atoms with van der Waals surface area (Å²) in [5.74, 6) is 0.720. The standard InChI is InChI=1S/C25H24N2O2S2/c1-17(2)30-21-12-9-19(10-13-21)24(28)27(16-18-7-5-4-6-8-18)25-26-22-14-11-20(29-3)15-23(22)31-25/h4-15,17H,16H2,1-3H3. The number of hydrogen-bond donors (Lipinski definition) is 0. The predicted molar refractivity (Wildman–Crippen MR) is 131 cm³/mol. The summed E-state index contributed by atoms with van der Waals surface area (Å²) in [6.45, 7) is 4.78. The Balaban J connectivity index is 1.69. The molecule has 0 spiro atoms. The van der Waals surface area contributed by atoms with E-state index in [2.05, 4.69) is 13.8 Å². The van der Waals surface area contributed by atoms with Gasteiger partial charge < -0.3 is 4.74 Å². The minimum absolute atomic E-state index is 0.0593. The molecule has 0 bridgehead atoms. The van der Waals surface area contributed by atoms with Gasteiger partial charge in [0.2, 0.25) is 0 Å². The van der Waals surface area contributed by atoms with E-state index in [1.165, 1.54) is 11.3 Å². The van der Waals surface area contributed by atoms with Crippen molar-refractivity contribution in [3.8, 4) is 5.75 Å². The van der Waals surface area contributed by atoms with E-state index in [1.54, 1.807) is 23.8 Å². The normalized spacial score (nSPS) is 11.1. The number of carbonyl (C=O) groups is 1. The summed E-state index contributed by atoms with van der Waals surface area (Å²) in [5.41, 5.74) is 2.57. The van der Waals surface area contributed by atoms with E-state index in [0.29, 0.717) is 22.5 Å². The third kappa shape index (κ3) is 5.09. The highest BCUT2D eigenvalue weighted by molar-refractivity contribution is 7.99. The lowest BCUT2D eigenvalue weighted by molar-refractivity contribution is 0.0985. The van der Waals surface area contributed by atoms with Crippen LogP contribution in [0.15, 0.2) is 77.7 Å². The van der Waals surface area contributed by atoms with E-state index in [9.17, 15) is 4.79 Å². The van der Waals surface area contributed by atoms with Crippen LogP contribution in [0.25, 0.3) is 10.2 Å². The van der Waals surface area contributed by atoms with Crippen LogP contribution in [0, 0.1) is 0 Å². The van der Waals surface area contributed by atoms with Crippen molar-refractivity contribution in [2.75, 3.05) is 12.0 Å². The fraction of sp³-hybridized carbons (Fsp3) is 0.200. The van der Waals surface area contributed by atoms with Crippen molar-refractivity contribution in [2.24, 2.45) is 0 Å². The quantitative estimate of drug-likeness (QED) is 0.297. The van der Waals surface area contributed by atoms with Crippen LogP contribution >= 0.6 is 23.1 Å². The molecule has 1 heterocycles. The van der Waals surface area contributed by atoms with E-state index in [0.717, 1.165) is 26.4 Å². The summed E-state index contributed by atoms with van der Waals surface area (Å²) in [4.78, 5) is 21.2. The fourth-order valence-corrected chi connectivity index (χ4v) is 5.06. The Labute approximate surface area is 190 Å². The molecule has 1 amide bonds. The average molecular weight is 449 g/mol. The third-order valence-electron chi connectivity index (χ3n) is 4.72. The Morgan fingerprint density at radius 3 is 2.48 bits per heavy atom. The topological polar surface area (TPSA) is 42.4 Å². The highest BCUT2D eigenvalue weighted by atomic mass is 32.2. The van der Waals surface area contributed by atoms with Gasteiger partial charge in [-0.1, -0.05) is 55.5 Å². The minimum atomic E-state index is -0.0593. The molecule has 4 aromatic rings. The van der Waals surface area contributed by atoms with Crippen LogP contribution in [0.1, 0.15) is 29.8 Å². The van der Waals surface area contributed by atoms with Gasteiger partial charge >= 0.3 is 0 Å². The van der Waals surface area contributed by atoms with Crippen LogP contribution < -0.4 is 9.64 Å². The molecule has 0 aliphatic rings. The summed E-state index contributed by atoms with van der Waals surface area (Å²) >= 11 is 3.28. The number of ether oxygens (including phenoxy) is 1. The second-order valence-corrected chi connectivity index (χ2v) is 10.1. The van der Waals surface area contributed by atoms with E-state index in [4.69, 9.17) is 9.72 Å². The molecule has 0 unspecified atom stereocenters. The molecule has 31 heavy (non-hydrogen) atoms. The van der Waals surface area contributed by atoms with Crippen molar-refractivity contribution >= 4 is 44.4 Å². The van der Waals surface area contributed by atoms with Gasteiger partial charge in [0.1, 0.15) is 5.75 Å². The van der Waals surface area contributed by atoms with Crippen LogP contribution in [0.2, 0.25) is 0 Å². The molecule has 3 aromatic carbocycles. The van der Waals surface area contributed by atoms with E-state index >= 15 is 0 Å². The number of anilines is 1.